The van der Waals surface area contributed by atoms with Crippen LogP contribution in [0, 0.1) is 17.8 Å². The first-order valence-corrected chi connectivity index (χ1v) is 8.60. The number of hydrogen-bond acceptors (Lipinski definition) is 2. The largest absolute Gasteiger partial charge is 0.317 e. The lowest BCUT2D eigenvalue weighted by Gasteiger charge is -2.37. The van der Waals surface area contributed by atoms with Crippen LogP contribution in [-0.2, 0) is 0 Å². The third-order valence-electron chi connectivity index (χ3n) is 5.31. The van der Waals surface area contributed by atoms with Crippen molar-refractivity contribution in [2.45, 2.75) is 65.3 Å². The Labute approximate surface area is 120 Å². The fourth-order valence-electron chi connectivity index (χ4n) is 3.74. The second-order valence-corrected chi connectivity index (χ2v) is 7.37. The lowest BCUT2D eigenvalue weighted by atomic mass is 9.82. The Hall–Kier alpha value is -0.0800. The molecule has 2 heteroatoms. The average molecular weight is 266 g/mol. The Bertz CT molecular complexity index is 238. The van der Waals surface area contributed by atoms with Gasteiger partial charge in [0.25, 0.3) is 0 Å². The summed E-state index contributed by atoms with van der Waals surface area (Å²) in [5.74, 6) is 2.89. The molecule has 0 amide bonds. The van der Waals surface area contributed by atoms with Gasteiger partial charge in [-0.3, -0.25) is 0 Å². The van der Waals surface area contributed by atoms with Gasteiger partial charge in [0.2, 0.25) is 0 Å². The molecule has 1 heterocycles. The average Bonchev–Trinajstić information content (AvgIpc) is 2.41. The van der Waals surface area contributed by atoms with Crippen LogP contribution in [-0.4, -0.2) is 37.1 Å². The number of nitrogens with one attached hydrogen (secondary N) is 1. The molecule has 0 aromatic heterocycles. The van der Waals surface area contributed by atoms with E-state index < -0.39 is 0 Å². The van der Waals surface area contributed by atoms with Crippen LogP contribution in [0.2, 0.25) is 0 Å². The van der Waals surface area contributed by atoms with E-state index in [0.29, 0.717) is 6.04 Å². The molecule has 0 spiro atoms. The standard InChI is InChI=1S/C17H34N2/c1-14(2)19(13-17-8-10-18-11-9-17)12-16-6-4-15(3)5-7-16/h14-18H,4-13H2,1-3H3. The maximum Gasteiger partial charge on any atom is 0.00388 e. The van der Waals surface area contributed by atoms with Crippen molar-refractivity contribution in [3.8, 4) is 0 Å². The van der Waals surface area contributed by atoms with Crippen molar-refractivity contribution in [1.29, 1.82) is 0 Å². The first kappa shape index (κ1) is 15.3. The summed E-state index contributed by atoms with van der Waals surface area (Å²) in [6.07, 6.45) is 8.62. The minimum absolute atomic E-state index is 0.717. The van der Waals surface area contributed by atoms with E-state index in [2.05, 4.69) is 31.0 Å². The third-order valence-corrected chi connectivity index (χ3v) is 5.31. The van der Waals surface area contributed by atoms with Crippen LogP contribution in [0.1, 0.15) is 59.3 Å². The summed E-state index contributed by atoms with van der Waals surface area (Å²) in [4.78, 5) is 2.77. The maximum atomic E-state index is 3.48. The Morgan fingerprint density at radius 1 is 0.895 bits per heavy atom. The first-order chi connectivity index (χ1) is 9.15. The van der Waals surface area contributed by atoms with Gasteiger partial charge in [-0.05, 0) is 70.4 Å². The molecule has 112 valence electrons. The molecule has 0 atom stereocenters. The summed E-state index contributed by atoms with van der Waals surface area (Å²) in [5.41, 5.74) is 0. The van der Waals surface area contributed by atoms with Gasteiger partial charge in [0, 0.05) is 19.1 Å². The van der Waals surface area contributed by atoms with E-state index in [1.165, 1.54) is 64.7 Å². The van der Waals surface area contributed by atoms with Crippen molar-refractivity contribution in [2.75, 3.05) is 26.2 Å². The molecule has 1 N–H and O–H groups in total. The Morgan fingerprint density at radius 3 is 1.95 bits per heavy atom. The zero-order valence-corrected chi connectivity index (χ0v) is 13.3. The molecule has 1 aliphatic carbocycles. The third kappa shape index (κ3) is 5.07. The smallest absolute Gasteiger partial charge is 0.00388 e. The van der Waals surface area contributed by atoms with Crippen molar-refractivity contribution < 1.29 is 0 Å². The molecular formula is C17H34N2. The summed E-state index contributed by atoms with van der Waals surface area (Å²) in [6.45, 7) is 12.3. The van der Waals surface area contributed by atoms with Crippen molar-refractivity contribution >= 4 is 0 Å². The molecule has 19 heavy (non-hydrogen) atoms. The number of hydrogen-bond donors (Lipinski definition) is 1. The molecule has 1 saturated heterocycles. The molecule has 1 saturated carbocycles. The minimum Gasteiger partial charge on any atom is -0.317 e. The van der Waals surface area contributed by atoms with Crippen LogP contribution in [0.4, 0.5) is 0 Å². The van der Waals surface area contributed by atoms with Gasteiger partial charge in [0.05, 0.1) is 0 Å². The predicted octanol–water partition coefficient (Wildman–Crippen LogP) is 3.52. The van der Waals surface area contributed by atoms with E-state index in [9.17, 15) is 0 Å². The molecule has 0 unspecified atom stereocenters. The molecule has 0 bridgehead atoms. The minimum atomic E-state index is 0.717. The molecule has 2 nitrogen and oxygen atoms in total. The zero-order valence-electron chi connectivity index (χ0n) is 13.3. The van der Waals surface area contributed by atoms with Gasteiger partial charge in [-0.25, -0.2) is 0 Å². The highest BCUT2D eigenvalue weighted by molar-refractivity contribution is 4.78. The van der Waals surface area contributed by atoms with Gasteiger partial charge in [-0.15, -0.1) is 0 Å². The van der Waals surface area contributed by atoms with E-state index in [1.807, 2.05) is 0 Å². The lowest BCUT2D eigenvalue weighted by molar-refractivity contribution is 0.125. The zero-order chi connectivity index (χ0) is 13.7. The molecule has 1 aliphatic heterocycles. The summed E-state index contributed by atoms with van der Waals surface area (Å²) in [6, 6.07) is 0.717. The van der Waals surface area contributed by atoms with Crippen LogP contribution in [0.5, 0.6) is 0 Å². The summed E-state index contributed by atoms with van der Waals surface area (Å²) in [7, 11) is 0. The Balaban J connectivity index is 1.78. The second kappa shape index (κ2) is 7.64. The Morgan fingerprint density at radius 2 is 1.42 bits per heavy atom. The fraction of sp³-hybridized carbons (Fsp3) is 1.00. The quantitative estimate of drug-likeness (QED) is 0.819. The van der Waals surface area contributed by atoms with Crippen LogP contribution in [0.15, 0.2) is 0 Å². The van der Waals surface area contributed by atoms with Crippen molar-refractivity contribution in [3.63, 3.8) is 0 Å². The van der Waals surface area contributed by atoms with E-state index >= 15 is 0 Å². The highest BCUT2D eigenvalue weighted by Gasteiger charge is 2.24. The highest BCUT2D eigenvalue weighted by atomic mass is 15.1. The Kier molecular flexibility index (Phi) is 6.15. The van der Waals surface area contributed by atoms with Crippen LogP contribution in [0.25, 0.3) is 0 Å². The summed E-state index contributed by atoms with van der Waals surface area (Å²) < 4.78 is 0. The van der Waals surface area contributed by atoms with Gasteiger partial charge >= 0.3 is 0 Å². The van der Waals surface area contributed by atoms with Crippen LogP contribution >= 0.6 is 0 Å². The molecule has 0 aromatic carbocycles. The number of rotatable bonds is 5. The van der Waals surface area contributed by atoms with E-state index in [0.717, 1.165) is 17.8 Å². The SMILES string of the molecule is CC1CCC(CN(CC2CCNCC2)C(C)C)CC1. The van der Waals surface area contributed by atoms with Crippen LogP contribution < -0.4 is 5.32 Å². The van der Waals surface area contributed by atoms with E-state index in [1.54, 1.807) is 0 Å². The van der Waals surface area contributed by atoms with Gasteiger partial charge in [0.15, 0.2) is 0 Å². The molecule has 0 radical (unpaired) electrons. The monoisotopic (exact) mass is 266 g/mol. The molecule has 2 aliphatic rings. The van der Waals surface area contributed by atoms with Gasteiger partial charge in [-0.1, -0.05) is 19.8 Å². The second-order valence-electron chi connectivity index (χ2n) is 7.37. The van der Waals surface area contributed by atoms with Gasteiger partial charge in [0.1, 0.15) is 0 Å². The van der Waals surface area contributed by atoms with Crippen LogP contribution in [0.3, 0.4) is 0 Å². The van der Waals surface area contributed by atoms with E-state index in [4.69, 9.17) is 0 Å². The molecule has 2 fully saturated rings. The highest BCUT2D eigenvalue weighted by Crippen LogP contribution is 2.29. The van der Waals surface area contributed by atoms with Crippen molar-refractivity contribution in [2.24, 2.45) is 17.8 Å². The van der Waals surface area contributed by atoms with Gasteiger partial charge < -0.3 is 10.2 Å². The first-order valence-electron chi connectivity index (χ1n) is 8.60. The number of piperidine rings is 1. The molecule has 0 aromatic rings. The van der Waals surface area contributed by atoms with Crippen molar-refractivity contribution in [1.82, 2.24) is 10.2 Å². The topological polar surface area (TPSA) is 15.3 Å². The molecular weight excluding hydrogens is 232 g/mol. The predicted molar refractivity (Wildman–Crippen MR) is 83.4 cm³/mol. The lowest BCUT2D eigenvalue weighted by Crippen LogP contribution is -2.42. The number of nitrogens with zero attached hydrogens (tertiary/aromatic N) is 1. The summed E-state index contributed by atoms with van der Waals surface area (Å²) >= 11 is 0. The fourth-order valence-corrected chi connectivity index (χ4v) is 3.74. The van der Waals surface area contributed by atoms with E-state index in [-0.39, 0.29) is 0 Å². The summed E-state index contributed by atoms with van der Waals surface area (Å²) in [5, 5.41) is 3.48. The van der Waals surface area contributed by atoms with Crippen molar-refractivity contribution in [3.05, 3.63) is 0 Å². The molecule has 2 rings (SSSR count). The van der Waals surface area contributed by atoms with Gasteiger partial charge in [-0.2, -0.15) is 0 Å². The maximum absolute atomic E-state index is 3.48. The normalized spacial score (nSPS) is 30.2.